The lowest BCUT2D eigenvalue weighted by Crippen LogP contribution is -2.20. The summed E-state index contributed by atoms with van der Waals surface area (Å²) < 4.78 is 28.2. The SMILES string of the molecule is N#Cc1ccc(-c2cnn(CC3(C(F)F)CC3)c2)c(-c2ccc3cccnc3c2)n1. The molecular formula is C23H17F2N5. The molecule has 3 heterocycles. The number of hydrogen-bond donors (Lipinski definition) is 0. The monoisotopic (exact) mass is 401 g/mol. The van der Waals surface area contributed by atoms with Crippen LogP contribution in [0.4, 0.5) is 8.78 Å². The Morgan fingerprint density at radius 1 is 1.13 bits per heavy atom. The van der Waals surface area contributed by atoms with Gasteiger partial charge in [0.05, 0.1) is 29.4 Å². The van der Waals surface area contributed by atoms with E-state index in [2.05, 4.69) is 21.1 Å². The number of alkyl halides is 2. The highest BCUT2D eigenvalue weighted by Gasteiger charge is 2.51. The van der Waals surface area contributed by atoms with Crippen LogP contribution < -0.4 is 0 Å². The molecule has 1 aromatic carbocycles. The van der Waals surface area contributed by atoms with Crippen LogP contribution in [-0.4, -0.2) is 26.2 Å². The van der Waals surface area contributed by atoms with Crippen molar-refractivity contribution in [3.05, 3.63) is 66.7 Å². The molecule has 5 nitrogen and oxygen atoms in total. The molecule has 3 aromatic heterocycles. The zero-order valence-corrected chi connectivity index (χ0v) is 16.0. The van der Waals surface area contributed by atoms with Gasteiger partial charge in [-0.2, -0.15) is 10.4 Å². The maximum absolute atomic E-state index is 13.3. The Labute approximate surface area is 171 Å². The lowest BCUT2D eigenvalue weighted by atomic mass is 10.00. The molecule has 0 saturated heterocycles. The van der Waals surface area contributed by atoms with Crippen molar-refractivity contribution in [2.75, 3.05) is 0 Å². The third-order valence-electron chi connectivity index (χ3n) is 5.67. The number of fused-ring (bicyclic) bond motifs is 1. The van der Waals surface area contributed by atoms with Gasteiger partial charge >= 0.3 is 0 Å². The minimum atomic E-state index is -2.35. The summed E-state index contributed by atoms with van der Waals surface area (Å²) >= 11 is 0. The summed E-state index contributed by atoms with van der Waals surface area (Å²) in [6.45, 7) is 0.198. The van der Waals surface area contributed by atoms with E-state index in [1.807, 2.05) is 36.4 Å². The first-order chi connectivity index (χ1) is 14.6. The Hall–Kier alpha value is -3.66. The van der Waals surface area contributed by atoms with E-state index in [-0.39, 0.29) is 6.54 Å². The number of hydrogen-bond acceptors (Lipinski definition) is 4. The van der Waals surface area contributed by atoms with Gasteiger partial charge in [0.2, 0.25) is 6.43 Å². The highest BCUT2D eigenvalue weighted by atomic mass is 19.3. The van der Waals surface area contributed by atoms with Crippen LogP contribution in [0.25, 0.3) is 33.3 Å². The Kier molecular flexibility index (Phi) is 4.28. The second kappa shape index (κ2) is 6.99. The highest BCUT2D eigenvalue weighted by molar-refractivity contribution is 5.87. The number of benzene rings is 1. The van der Waals surface area contributed by atoms with Crippen LogP contribution in [0.15, 0.2) is 61.1 Å². The molecule has 0 spiro atoms. The number of nitrogens with zero attached hydrogens (tertiary/aromatic N) is 5. The van der Waals surface area contributed by atoms with Crippen LogP contribution in [0.3, 0.4) is 0 Å². The van der Waals surface area contributed by atoms with E-state index in [9.17, 15) is 14.0 Å². The molecular weight excluding hydrogens is 384 g/mol. The summed E-state index contributed by atoms with van der Waals surface area (Å²) in [5.41, 5.74) is 3.21. The van der Waals surface area contributed by atoms with Crippen molar-refractivity contribution in [2.45, 2.75) is 25.8 Å². The van der Waals surface area contributed by atoms with Crippen LogP contribution in [-0.2, 0) is 6.54 Å². The smallest absolute Gasteiger partial charge is 0.245 e. The van der Waals surface area contributed by atoms with Crippen LogP contribution in [0, 0.1) is 16.7 Å². The van der Waals surface area contributed by atoms with Crippen LogP contribution in [0.1, 0.15) is 18.5 Å². The number of rotatable bonds is 5. The third-order valence-corrected chi connectivity index (χ3v) is 5.67. The van der Waals surface area contributed by atoms with Crippen molar-refractivity contribution >= 4 is 10.9 Å². The molecule has 1 saturated carbocycles. The van der Waals surface area contributed by atoms with Gasteiger partial charge in [0.15, 0.2) is 0 Å². The van der Waals surface area contributed by atoms with E-state index >= 15 is 0 Å². The fourth-order valence-electron chi connectivity index (χ4n) is 3.71. The maximum atomic E-state index is 13.3. The minimum Gasteiger partial charge on any atom is -0.271 e. The Balaban J connectivity index is 1.57. The molecule has 1 aliphatic carbocycles. The lowest BCUT2D eigenvalue weighted by Gasteiger charge is -2.13. The van der Waals surface area contributed by atoms with Crippen molar-refractivity contribution < 1.29 is 8.78 Å². The van der Waals surface area contributed by atoms with Gasteiger partial charge in [-0.1, -0.05) is 18.2 Å². The first-order valence-corrected chi connectivity index (χ1v) is 9.65. The van der Waals surface area contributed by atoms with Crippen molar-refractivity contribution in [2.24, 2.45) is 5.41 Å². The average Bonchev–Trinajstić information content (AvgIpc) is 3.42. The van der Waals surface area contributed by atoms with Gasteiger partial charge in [-0.15, -0.1) is 0 Å². The first kappa shape index (κ1) is 18.4. The Bertz CT molecular complexity index is 1280. The standard InChI is InChI=1S/C23H17F2N5/c24-22(25)23(7-8-23)14-30-13-17(12-28-30)19-6-5-18(11-26)29-21(19)16-4-3-15-2-1-9-27-20(15)10-16/h1-6,9-10,12-13,22H,7-8,14H2. The molecule has 30 heavy (non-hydrogen) atoms. The van der Waals surface area contributed by atoms with Crippen LogP contribution >= 0.6 is 0 Å². The third kappa shape index (κ3) is 3.20. The van der Waals surface area contributed by atoms with Crippen molar-refractivity contribution in [3.8, 4) is 28.5 Å². The maximum Gasteiger partial charge on any atom is 0.245 e. The molecule has 0 amide bonds. The van der Waals surface area contributed by atoms with Crippen molar-refractivity contribution in [1.29, 1.82) is 5.26 Å². The number of aromatic nitrogens is 4. The van der Waals surface area contributed by atoms with Crippen molar-refractivity contribution in [3.63, 3.8) is 0 Å². The van der Waals surface area contributed by atoms with Crippen LogP contribution in [0.2, 0.25) is 0 Å². The molecule has 0 radical (unpaired) electrons. The molecule has 0 atom stereocenters. The molecule has 0 bridgehead atoms. The molecule has 4 aromatic rings. The molecule has 148 valence electrons. The second-order valence-electron chi connectivity index (χ2n) is 7.71. The van der Waals surface area contributed by atoms with Gasteiger partial charge in [-0.3, -0.25) is 9.67 Å². The molecule has 1 fully saturated rings. The van der Waals surface area contributed by atoms with E-state index in [1.54, 1.807) is 29.3 Å². The van der Waals surface area contributed by atoms with E-state index in [0.717, 1.165) is 27.6 Å². The summed E-state index contributed by atoms with van der Waals surface area (Å²) in [7, 11) is 0. The first-order valence-electron chi connectivity index (χ1n) is 9.65. The van der Waals surface area contributed by atoms with Crippen molar-refractivity contribution in [1.82, 2.24) is 19.7 Å². The Morgan fingerprint density at radius 3 is 2.77 bits per heavy atom. The predicted octanol–water partition coefficient (Wildman–Crippen LogP) is 5.08. The molecule has 0 unspecified atom stereocenters. The molecule has 1 aliphatic rings. The van der Waals surface area contributed by atoms with E-state index in [4.69, 9.17) is 0 Å². The quantitative estimate of drug-likeness (QED) is 0.468. The second-order valence-corrected chi connectivity index (χ2v) is 7.71. The lowest BCUT2D eigenvalue weighted by molar-refractivity contribution is 0.0491. The fourth-order valence-corrected chi connectivity index (χ4v) is 3.71. The van der Waals surface area contributed by atoms with Gasteiger partial charge in [-0.05, 0) is 37.1 Å². The van der Waals surface area contributed by atoms with Gasteiger partial charge in [0.25, 0.3) is 0 Å². The zero-order valence-electron chi connectivity index (χ0n) is 16.0. The minimum absolute atomic E-state index is 0.198. The Morgan fingerprint density at radius 2 is 2.00 bits per heavy atom. The number of pyridine rings is 2. The van der Waals surface area contributed by atoms with Crippen LogP contribution in [0.5, 0.6) is 0 Å². The summed E-state index contributed by atoms with van der Waals surface area (Å²) in [4.78, 5) is 8.92. The summed E-state index contributed by atoms with van der Waals surface area (Å²) in [5, 5.41) is 14.6. The predicted molar refractivity (Wildman–Crippen MR) is 109 cm³/mol. The molecule has 0 N–H and O–H groups in total. The largest absolute Gasteiger partial charge is 0.271 e. The number of nitriles is 1. The fraction of sp³-hybridized carbons (Fsp3) is 0.217. The van der Waals surface area contributed by atoms with E-state index in [0.29, 0.717) is 24.2 Å². The topological polar surface area (TPSA) is 67.4 Å². The van der Waals surface area contributed by atoms with E-state index in [1.165, 1.54) is 0 Å². The summed E-state index contributed by atoms with van der Waals surface area (Å²) in [6.07, 6.45) is 3.86. The molecule has 0 aliphatic heterocycles. The summed E-state index contributed by atoms with van der Waals surface area (Å²) in [6, 6.07) is 15.2. The highest BCUT2D eigenvalue weighted by Crippen LogP contribution is 2.52. The van der Waals surface area contributed by atoms with Gasteiger partial charge in [0, 0.05) is 34.5 Å². The zero-order chi connectivity index (χ0) is 20.7. The normalized spacial score (nSPS) is 14.7. The van der Waals surface area contributed by atoms with Gasteiger partial charge in [0.1, 0.15) is 11.8 Å². The van der Waals surface area contributed by atoms with E-state index < -0.39 is 11.8 Å². The van der Waals surface area contributed by atoms with Gasteiger partial charge in [-0.25, -0.2) is 13.8 Å². The summed E-state index contributed by atoms with van der Waals surface area (Å²) in [5.74, 6) is 0. The molecule has 5 rings (SSSR count). The molecule has 7 heteroatoms. The van der Waals surface area contributed by atoms with Gasteiger partial charge < -0.3 is 0 Å². The number of halogens is 2. The average molecular weight is 401 g/mol.